The van der Waals surface area contributed by atoms with E-state index in [0.29, 0.717) is 0 Å². The maximum atomic E-state index is 11.2. The summed E-state index contributed by atoms with van der Waals surface area (Å²) < 4.78 is 4.34. The van der Waals surface area contributed by atoms with Gasteiger partial charge in [0, 0.05) is 12.2 Å². The zero-order valence-electron chi connectivity index (χ0n) is 10.2. The van der Waals surface area contributed by atoms with E-state index >= 15 is 0 Å². The monoisotopic (exact) mass is 242 g/mol. The molecule has 0 radical (unpaired) electrons. The molecular weight excluding hydrogens is 224 g/mol. The molecule has 96 valence electrons. The fraction of sp³-hybridized carbons (Fsp3) is 0.667. The van der Waals surface area contributed by atoms with Crippen molar-refractivity contribution in [2.75, 3.05) is 7.11 Å². The minimum atomic E-state index is -0.706. The number of methoxy groups -OCH3 is 1. The first-order chi connectivity index (χ1) is 8.06. The minimum absolute atomic E-state index is 0.396. The molecule has 0 bridgehead atoms. The van der Waals surface area contributed by atoms with Gasteiger partial charge in [-0.1, -0.05) is 19.3 Å². The molecule has 17 heavy (non-hydrogen) atoms. The fourth-order valence-electron chi connectivity index (χ4n) is 1.76. The van der Waals surface area contributed by atoms with E-state index in [-0.39, 0.29) is 0 Å². The van der Waals surface area contributed by atoms with Gasteiger partial charge in [-0.15, -0.1) is 0 Å². The first-order valence-corrected chi connectivity index (χ1v) is 5.71. The fourth-order valence-corrected chi connectivity index (χ4v) is 1.76. The number of ether oxygens (including phenoxy) is 1. The highest BCUT2D eigenvalue weighted by molar-refractivity contribution is 5.91. The van der Waals surface area contributed by atoms with E-state index in [1.54, 1.807) is 0 Å². The van der Waals surface area contributed by atoms with Gasteiger partial charge in [0.05, 0.1) is 7.11 Å². The average Bonchev–Trinajstić information content (AvgIpc) is 2.34. The highest BCUT2D eigenvalue weighted by Gasteiger charge is 2.30. The number of esters is 1. The highest BCUT2D eigenvalue weighted by Crippen LogP contribution is 2.31. The smallest absolute Gasteiger partial charge is 0.366 e. The largest absolute Gasteiger partial charge is 0.466 e. The summed E-state index contributed by atoms with van der Waals surface area (Å²) in [7, 11) is 1.23. The van der Waals surface area contributed by atoms with E-state index in [9.17, 15) is 9.59 Å². The molecule has 0 saturated heterocycles. The summed E-state index contributed by atoms with van der Waals surface area (Å²) in [4.78, 5) is 31.7. The lowest BCUT2D eigenvalue weighted by Crippen LogP contribution is -2.32. The van der Waals surface area contributed by atoms with E-state index in [1.165, 1.54) is 13.5 Å². The molecule has 0 aromatic carbocycles. The van der Waals surface area contributed by atoms with Gasteiger partial charge in [-0.2, -0.15) is 4.89 Å². The van der Waals surface area contributed by atoms with Crippen LogP contribution in [-0.4, -0.2) is 24.6 Å². The number of hydrogen-bond donors (Lipinski definition) is 0. The number of rotatable bonds is 4. The molecule has 0 atom stereocenters. The molecule has 5 nitrogen and oxygen atoms in total. The van der Waals surface area contributed by atoms with Crippen LogP contribution in [0.2, 0.25) is 0 Å². The predicted octanol–water partition coefficient (Wildman–Crippen LogP) is 1.91. The molecule has 5 heteroatoms. The summed E-state index contributed by atoms with van der Waals surface area (Å²) >= 11 is 0. The van der Waals surface area contributed by atoms with Gasteiger partial charge in [0.2, 0.25) is 0 Å². The van der Waals surface area contributed by atoms with E-state index in [1.807, 2.05) is 6.92 Å². The molecule has 0 aliphatic heterocycles. The van der Waals surface area contributed by atoms with Crippen molar-refractivity contribution in [3.8, 4) is 0 Å². The van der Waals surface area contributed by atoms with Crippen molar-refractivity contribution in [3.63, 3.8) is 0 Å². The zero-order chi connectivity index (χ0) is 12.7. The van der Waals surface area contributed by atoms with Crippen LogP contribution in [0.25, 0.3) is 0 Å². The van der Waals surface area contributed by atoms with E-state index < -0.39 is 17.5 Å². The van der Waals surface area contributed by atoms with Gasteiger partial charge in [-0.25, -0.2) is 9.59 Å². The number of carbonyl (C=O) groups excluding carboxylic acids is 2. The summed E-state index contributed by atoms with van der Waals surface area (Å²) in [5, 5.41) is 0. The van der Waals surface area contributed by atoms with E-state index in [4.69, 9.17) is 4.89 Å². The molecule has 1 saturated carbocycles. The van der Waals surface area contributed by atoms with Gasteiger partial charge in [0.15, 0.2) is 0 Å². The molecule has 1 rings (SSSR count). The summed E-state index contributed by atoms with van der Waals surface area (Å²) in [6.07, 6.45) is 7.07. The van der Waals surface area contributed by atoms with Crippen LogP contribution in [0.5, 0.6) is 0 Å². The van der Waals surface area contributed by atoms with Crippen molar-refractivity contribution >= 4 is 11.9 Å². The van der Waals surface area contributed by atoms with Gasteiger partial charge >= 0.3 is 11.9 Å². The normalized spacial score (nSPS) is 18.9. The van der Waals surface area contributed by atoms with Crippen LogP contribution < -0.4 is 0 Å². The molecule has 1 aliphatic carbocycles. The summed E-state index contributed by atoms with van der Waals surface area (Å²) in [6.45, 7) is 1.92. The molecule has 0 aromatic heterocycles. The van der Waals surface area contributed by atoms with E-state index in [2.05, 4.69) is 9.62 Å². The van der Waals surface area contributed by atoms with Gasteiger partial charge in [0.1, 0.15) is 5.60 Å². The summed E-state index contributed by atoms with van der Waals surface area (Å²) in [6, 6.07) is 0. The van der Waals surface area contributed by atoms with Crippen molar-refractivity contribution in [3.05, 3.63) is 12.2 Å². The second-order valence-corrected chi connectivity index (χ2v) is 4.35. The number of hydrogen-bond acceptors (Lipinski definition) is 5. The van der Waals surface area contributed by atoms with Crippen LogP contribution in [0.3, 0.4) is 0 Å². The maximum Gasteiger partial charge on any atom is 0.366 e. The molecular formula is C12H18O5. The van der Waals surface area contributed by atoms with Crippen molar-refractivity contribution in [2.24, 2.45) is 0 Å². The van der Waals surface area contributed by atoms with E-state index in [0.717, 1.165) is 37.8 Å². The van der Waals surface area contributed by atoms with Crippen molar-refractivity contribution in [1.82, 2.24) is 0 Å². The SMILES string of the molecule is COC(=O)/C=C/C(=O)OOC1(C)CCCCC1. The molecule has 0 amide bonds. The predicted molar refractivity (Wildman–Crippen MR) is 59.8 cm³/mol. The third-order valence-electron chi connectivity index (χ3n) is 2.79. The van der Waals surface area contributed by atoms with Crippen LogP contribution in [0.15, 0.2) is 12.2 Å². The average molecular weight is 242 g/mol. The standard InChI is InChI=1S/C12H18O5/c1-12(8-4-3-5-9-12)17-16-11(14)7-6-10(13)15-2/h6-7H,3-5,8-9H2,1-2H3/b7-6+. The maximum absolute atomic E-state index is 11.2. The third kappa shape index (κ3) is 4.99. The Hall–Kier alpha value is -1.36. The Morgan fingerprint density at radius 3 is 2.24 bits per heavy atom. The Morgan fingerprint density at radius 2 is 1.65 bits per heavy atom. The molecule has 0 N–H and O–H groups in total. The lowest BCUT2D eigenvalue weighted by molar-refractivity contribution is -0.331. The first kappa shape index (κ1) is 13.7. The summed E-state index contributed by atoms with van der Waals surface area (Å²) in [5.74, 6) is -1.31. The summed E-state index contributed by atoms with van der Waals surface area (Å²) in [5.41, 5.74) is -0.396. The van der Waals surface area contributed by atoms with Crippen LogP contribution in [0.4, 0.5) is 0 Å². The molecule has 1 aliphatic rings. The van der Waals surface area contributed by atoms with Crippen molar-refractivity contribution < 1.29 is 24.1 Å². The zero-order valence-corrected chi connectivity index (χ0v) is 10.2. The first-order valence-electron chi connectivity index (χ1n) is 5.71. The van der Waals surface area contributed by atoms with Gasteiger partial charge in [0.25, 0.3) is 0 Å². The van der Waals surface area contributed by atoms with Crippen LogP contribution in [0.1, 0.15) is 39.0 Å². The van der Waals surface area contributed by atoms with Gasteiger partial charge < -0.3 is 4.74 Å². The van der Waals surface area contributed by atoms with Crippen molar-refractivity contribution in [2.45, 2.75) is 44.6 Å². The highest BCUT2D eigenvalue weighted by atomic mass is 17.2. The van der Waals surface area contributed by atoms with Gasteiger partial charge in [-0.3, -0.25) is 4.89 Å². The number of carbonyl (C=O) groups is 2. The Bertz CT molecular complexity index is 302. The lowest BCUT2D eigenvalue weighted by Gasteiger charge is -2.30. The second kappa shape index (κ2) is 6.39. The molecule has 0 unspecified atom stereocenters. The Morgan fingerprint density at radius 1 is 1.06 bits per heavy atom. The molecule has 0 aromatic rings. The third-order valence-corrected chi connectivity index (χ3v) is 2.79. The Balaban J connectivity index is 2.32. The molecule has 0 heterocycles. The quantitative estimate of drug-likeness (QED) is 0.326. The minimum Gasteiger partial charge on any atom is -0.466 e. The molecule has 0 spiro atoms. The molecule has 1 fully saturated rings. The lowest BCUT2D eigenvalue weighted by atomic mass is 9.87. The Labute approximate surface area is 101 Å². The van der Waals surface area contributed by atoms with Crippen molar-refractivity contribution in [1.29, 1.82) is 0 Å². The Kier molecular flexibility index (Phi) is 5.15. The van der Waals surface area contributed by atoms with Crippen LogP contribution in [0, 0.1) is 0 Å². The van der Waals surface area contributed by atoms with Crippen LogP contribution >= 0.6 is 0 Å². The topological polar surface area (TPSA) is 61.8 Å². The van der Waals surface area contributed by atoms with Gasteiger partial charge in [-0.05, 0) is 19.8 Å². The second-order valence-electron chi connectivity index (χ2n) is 4.35. The van der Waals surface area contributed by atoms with Crippen LogP contribution in [-0.2, 0) is 24.1 Å².